The molecule has 4 heteroatoms. The lowest BCUT2D eigenvalue weighted by molar-refractivity contribution is 0.109. The maximum Gasteiger partial charge on any atom is 0.228 e. The van der Waals surface area contributed by atoms with Crippen LogP contribution in [0.5, 0.6) is 5.88 Å². The van der Waals surface area contributed by atoms with Crippen LogP contribution in [0.3, 0.4) is 0 Å². The molecule has 0 amide bonds. The number of aryl methyl sites for hydroxylation is 1. The molecule has 3 nitrogen and oxygen atoms in total. The molecule has 2 unspecified atom stereocenters. The van der Waals surface area contributed by atoms with Gasteiger partial charge in [-0.1, -0.05) is 6.92 Å². The van der Waals surface area contributed by atoms with Gasteiger partial charge in [-0.2, -0.15) is 0 Å². The zero-order valence-electron chi connectivity index (χ0n) is 9.66. The van der Waals surface area contributed by atoms with E-state index in [1.54, 1.807) is 0 Å². The molecule has 16 heavy (non-hydrogen) atoms. The van der Waals surface area contributed by atoms with E-state index in [0.717, 1.165) is 29.5 Å². The Hall–Kier alpha value is -0.610. The normalized spacial score (nSPS) is 25.4. The van der Waals surface area contributed by atoms with Gasteiger partial charge in [-0.25, -0.2) is 4.98 Å². The van der Waals surface area contributed by atoms with Crippen LogP contribution in [-0.2, 0) is 0 Å². The quantitative estimate of drug-likeness (QED) is 0.906. The SMILES string of the molecule is Cc1cnc(OC2CNCCC2C)c(Br)c1. The van der Waals surface area contributed by atoms with Crippen LogP contribution in [-0.4, -0.2) is 24.2 Å². The summed E-state index contributed by atoms with van der Waals surface area (Å²) in [5, 5.41) is 3.35. The maximum absolute atomic E-state index is 5.93. The molecule has 2 rings (SSSR count). The molecule has 1 fully saturated rings. The molecule has 1 aromatic heterocycles. The Morgan fingerprint density at radius 1 is 1.56 bits per heavy atom. The summed E-state index contributed by atoms with van der Waals surface area (Å²) >= 11 is 3.49. The van der Waals surface area contributed by atoms with Crippen molar-refractivity contribution in [3.05, 3.63) is 22.3 Å². The van der Waals surface area contributed by atoms with E-state index < -0.39 is 0 Å². The lowest BCUT2D eigenvalue weighted by Crippen LogP contribution is -2.43. The van der Waals surface area contributed by atoms with Gasteiger partial charge in [0.1, 0.15) is 6.10 Å². The van der Waals surface area contributed by atoms with Crippen molar-refractivity contribution in [3.8, 4) is 5.88 Å². The summed E-state index contributed by atoms with van der Waals surface area (Å²) in [6.07, 6.45) is 3.22. The van der Waals surface area contributed by atoms with E-state index in [0.29, 0.717) is 11.8 Å². The zero-order chi connectivity index (χ0) is 11.5. The van der Waals surface area contributed by atoms with E-state index in [4.69, 9.17) is 4.74 Å². The molecule has 1 saturated heterocycles. The first kappa shape index (κ1) is 11.9. The largest absolute Gasteiger partial charge is 0.472 e. The molecule has 0 spiro atoms. The molecule has 1 aliphatic rings. The Kier molecular flexibility index (Phi) is 3.82. The third-order valence-electron chi connectivity index (χ3n) is 2.96. The Morgan fingerprint density at radius 2 is 2.38 bits per heavy atom. The number of aromatic nitrogens is 1. The van der Waals surface area contributed by atoms with E-state index in [1.807, 2.05) is 19.2 Å². The van der Waals surface area contributed by atoms with E-state index in [9.17, 15) is 0 Å². The average Bonchev–Trinajstić information content (AvgIpc) is 2.25. The fourth-order valence-electron chi connectivity index (χ4n) is 1.87. The number of rotatable bonds is 2. The van der Waals surface area contributed by atoms with Crippen molar-refractivity contribution in [2.24, 2.45) is 5.92 Å². The molecule has 1 N–H and O–H groups in total. The second kappa shape index (κ2) is 5.15. The molecule has 0 saturated carbocycles. The van der Waals surface area contributed by atoms with Crippen LogP contribution in [0.25, 0.3) is 0 Å². The van der Waals surface area contributed by atoms with E-state index in [2.05, 4.69) is 33.2 Å². The summed E-state index contributed by atoms with van der Waals surface area (Å²) < 4.78 is 6.87. The van der Waals surface area contributed by atoms with Crippen LogP contribution < -0.4 is 10.1 Å². The van der Waals surface area contributed by atoms with Crippen LogP contribution >= 0.6 is 15.9 Å². The van der Waals surface area contributed by atoms with Crippen molar-refractivity contribution in [2.45, 2.75) is 26.4 Å². The average molecular weight is 285 g/mol. The topological polar surface area (TPSA) is 34.1 Å². The number of hydrogen-bond donors (Lipinski definition) is 1. The first-order valence-electron chi connectivity index (χ1n) is 5.66. The van der Waals surface area contributed by atoms with Gasteiger partial charge >= 0.3 is 0 Å². The summed E-state index contributed by atoms with van der Waals surface area (Å²) in [6, 6.07) is 2.03. The Labute approximate surface area is 105 Å². The van der Waals surface area contributed by atoms with Crippen molar-refractivity contribution in [3.63, 3.8) is 0 Å². The molecule has 88 valence electrons. The molecule has 1 aromatic rings. The molecular weight excluding hydrogens is 268 g/mol. The minimum Gasteiger partial charge on any atom is -0.472 e. The van der Waals surface area contributed by atoms with Gasteiger partial charge < -0.3 is 10.1 Å². The zero-order valence-corrected chi connectivity index (χ0v) is 11.3. The second-order valence-electron chi connectivity index (χ2n) is 4.43. The van der Waals surface area contributed by atoms with Gasteiger partial charge in [-0.3, -0.25) is 0 Å². The van der Waals surface area contributed by atoms with Gasteiger partial charge in [-0.15, -0.1) is 0 Å². The number of ether oxygens (including phenoxy) is 1. The number of halogens is 1. The van der Waals surface area contributed by atoms with Crippen molar-refractivity contribution in [1.29, 1.82) is 0 Å². The van der Waals surface area contributed by atoms with Crippen LogP contribution in [0.1, 0.15) is 18.9 Å². The first-order chi connectivity index (χ1) is 7.66. The number of nitrogens with zero attached hydrogens (tertiary/aromatic N) is 1. The fourth-order valence-corrected chi connectivity index (χ4v) is 2.43. The molecule has 0 radical (unpaired) electrons. The summed E-state index contributed by atoms with van der Waals surface area (Å²) in [5.41, 5.74) is 1.13. The third kappa shape index (κ3) is 2.74. The highest BCUT2D eigenvalue weighted by atomic mass is 79.9. The minimum atomic E-state index is 0.222. The van der Waals surface area contributed by atoms with Gasteiger partial charge in [0, 0.05) is 12.7 Å². The van der Waals surface area contributed by atoms with E-state index >= 15 is 0 Å². The third-order valence-corrected chi connectivity index (χ3v) is 3.53. The minimum absolute atomic E-state index is 0.222. The fraction of sp³-hybridized carbons (Fsp3) is 0.583. The number of nitrogens with one attached hydrogen (secondary N) is 1. The van der Waals surface area contributed by atoms with Gasteiger partial charge in [0.25, 0.3) is 0 Å². The smallest absolute Gasteiger partial charge is 0.228 e. The molecule has 0 aromatic carbocycles. The monoisotopic (exact) mass is 284 g/mol. The molecule has 1 aliphatic heterocycles. The Balaban J connectivity index is 2.07. The van der Waals surface area contributed by atoms with E-state index in [-0.39, 0.29) is 6.10 Å². The lowest BCUT2D eigenvalue weighted by atomic mass is 9.97. The molecule has 2 atom stereocenters. The summed E-state index contributed by atoms with van der Waals surface area (Å²) in [4.78, 5) is 4.31. The van der Waals surface area contributed by atoms with Crippen molar-refractivity contribution in [2.75, 3.05) is 13.1 Å². The van der Waals surface area contributed by atoms with Crippen molar-refractivity contribution in [1.82, 2.24) is 10.3 Å². The summed E-state index contributed by atoms with van der Waals surface area (Å²) in [7, 11) is 0. The first-order valence-corrected chi connectivity index (χ1v) is 6.45. The number of pyridine rings is 1. The second-order valence-corrected chi connectivity index (χ2v) is 5.28. The number of hydrogen-bond acceptors (Lipinski definition) is 3. The number of piperidine rings is 1. The maximum atomic E-state index is 5.93. The van der Waals surface area contributed by atoms with Crippen LogP contribution in [0.15, 0.2) is 16.7 Å². The molecule has 2 heterocycles. The molecule has 0 bridgehead atoms. The highest BCUT2D eigenvalue weighted by molar-refractivity contribution is 9.10. The molecular formula is C12H17BrN2O. The lowest BCUT2D eigenvalue weighted by Gasteiger charge is -2.29. The van der Waals surface area contributed by atoms with Gasteiger partial charge in [0.2, 0.25) is 5.88 Å². The van der Waals surface area contributed by atoms with Crippen molar-refractivity contribution >= 4 is 15.9 Å². The predicted octanol–water partition coefficient (Wildman–Crippen LogP) is 2.53. The van der Waals surface area contributed by atoms with Crippen LogP contribution in [0.2, 0.25) is 0 Å². The van der Waals surface area contributed by atoms with Crippen LogP contribution in [0, 0.1) is 12.8 Å². The summed E-state index contributed by atoms with van der Waals surface area (Å²) in [6.45, 7) is 6.24. The summed E-state index contributed by atoms with van der Waals surface area (Å²) in [5.74, 6) is 1.28. The van der Waals surface area contributed by atoms with Crippen LogP contribution in [0.4, 0.5) is 0 Å². The van der Waals surface area contributed by atoms with Crippen molar-refractivity contribution < 1.29 is 4.74 Å². The standard InChI is InChI=1S/C12H17BrN2O/c1-8-5-10(13)12(15-6-8)16-11-7-14-4-3-9(11)2/h5-6,9,11,14H,3-4,7H2,1-2H3. The molecule has 0 aliphatic carbocycles. The Bertz CT molecular complexity index is 370. The highest BCUT2D eigenvalue weighted by Gasteiger charge is 2.23. The van der Waals surface area contributed by atoms with E-state index in [1.165, 1.54) is 0 Å². The highest BCUT2D eigenvalue weighted by Crippen LogP contribution is 2.26. The van der Waals surface area contributed by atoms with Gasteiger partial charge in [-0.05, 0) is 53.4 Å². The Morgan fingerprint density at radius 3 is 3.06 bits per heavy atom. The van der Waals surface area contributed by atoms with Gasteiger partial charge in [0.15, 0.2) is 0 Å². The predicted molar refractivity (Wildman–Crippen MR) is 67.7 cm³/mol. The van der Waals surface area contributed by atoms with Gasteiger partial charge in [0.05, 0.1) is 4.47 Å².